The highest BCUT2D eigenvalue weighted by atomic mass is 31.2. The number of carboxylic acids is 1. The molecule has 0 aliphatic rings. The summed E-state index contributed by atoms with van der Waals surface area (Å²) >= 11 is 0. The smallest absolute Gasteiger partial charge is 0.305 e. The van der Waals surface area contributed by atoms with Gasteiger partial charge >= 0.3 is 5.97 Å². The second-order valence-electron chi connectivity index (χ2n) is 8.05. The van der Waals surface area contributed by atoms with E-state index in [1.165, 1.54) is 18.2 Å². The first kappa shape index (κ1) is 25.5. The van der Waals surface area contributed by atoms with Gasteiger partial charge in [-0.25, -0.2) is 4.39 Å². The lowest BCUT2D eigenvalue weighted by molar-refractivity contribution is -0.138. The summed E-state index contributed by atoms with van der Waals surface area (Å²) in [6.07, 6.45) is -0.601. The van der Waals surface area contributed by atoms with E-state index >= 15 is 0 Å². The molecule has 1 unspecified atom stereocenters. The molecule has 6 nitrogen and oxygen atoms in total. The van der Waals surface area contributed by atoms with Gasteiger partial charge in [-0.2, -0.15) is 0 Å². The molecule has 3 rings (SSSR count). The number of aryl methyl sites for hydroxylation is 1. The van der Waals surface area contributed by atoms with Crippen LogP contribution < -0.4 is 0 Å². The van der Waals surface area contributed by atoms with Crippen LogP contribution in [0.25, 0.3) is 28.5 Å². The third kappa shape index (κ3) is 6.26. The van der Waals surface area contributed by atoms with Gasteiger partial charge in [-0.05, 0) is 48.2 Å². The van der Waals surface area contributed by atoms with E-state index in [1.807, 2.05) is 44.2 Å². The van der Waals surface area contributed by atoms with Crippen molar-refractivity contribution < 1.29 is 28.9 Å². The van der Waals surface area contributed by atoms with Gasteiger partial charge < -0.3 is 15.1 Å². The molecule has 178 valence electrons. The average molecular weight is 483 g/mol. The van der Waals surface area contributed by atoms with Crippen molar-refractivity contribution in [2.24, 2.45) is 0 Å². The quantitative estimate of drug-likeness (QED) is 0.347. The Morgan fingerprint density at radius 1 is 1.12 bits per heavy atom. The van der Waals surface area contributed by atoms with Gasteiger partial charge in [0.1, 0.15) is 5.82 Å². The second kappa shape index (κ2) is 10.9. The van der Waals surface area contributed by atoms with Crippen LogP contribution in [0.2, 0.25) is 0 Å². The van der Waals surface area contributed by atoms with Crippen LogP contribution in [-0.2, 0) is 15.8 Å². The van der Waals surface area contributed by atoms with Crippen LogP contribution in [0.3, 0.4) is 0 Å². The maximum Gasteiger partial charge on any atom is 0.305 e. The van der Waals surface area contributed by atoms with Crippen LogP contribution in [-0.4, -0.2) is 38.3 Å². The molecule has 2 aromatic carbocycles. The van der Waals surface area contributed by atoms with Crippen LogP contribution in [0.1, 0.15) is 30.2 Å². The minimum Gasteiger partial charge on any atom is -0.481 e. The summed E-state index contributed by atoms with van der Waals surface area (Å²) in [5, 5.41) is 18.6. The highest BCUT2D eigenvalue weighted by Gasteiger charge is 2.23. The van der Waals surface area contributed by atoms with Crippen molar-refractivity contribution in [2.45, 2.75) is 32.8 Å². The molecule has 0 aliphatic carbocycles. The predicted octanol–water partition coefficient (Wildman–Crippen LogP) is 5.50. The number of aromatic nitrogens is 1. The molecule has 0 fully saturated rings. The fraction of sp³-hybridized carbons (Fsp3) is 0.231. The van der Waals surface area contributed by atoms with Crippen molar-refractivity contribution in [1.82, 2.24) is 4.98 Å². The fourth-order valence-electron chi connectivity index (χ4n) is 3.88. The van der Waals surface area contributed by atoms with E-state index in [-0.39, 0.29) is 5.82 Å². The SMILES string of the molecule is CCc1nc(-c2ccccc2)c(C)c(-c2ccc(F)cc2)c1/C=C/P(=O)(O)C[C@H](O)CC(=O)O. The van der Waals surface area contributed by atoms with Gasteiger partial charge in [-0.1, -0.05) is 49.4 Å². The first-order chi connectivity index (χ1) is 16.1. The summed E-state index contributed by atoms with van der Waals surface area (Å²) in [6.45, 7) is 3.83. The number of pyridine rings is 1. The number of nitrogens with zero attached hydrogens (tertiary/aromatic N) is 1. The molecule has 0 aliphatic heterocycles. The van der Waals surface area contributed by atoms with E-state index < -0.39 is 32.0 Å². The molecule has 3 aromatic rings. The number of carbonyl (C=O) groups is 1. The molecule has 8 heteroatoms. The van der Waals surface area contributed by atoms with Crippen LogP contribution in [0.5, 0.6) is 0 Å². The number of halogens is 1. The second-order valence-corrected chi connectivity index (χ2v) is 10.2. The molecular weight excluding hydrogens is 456 g/mol. The van der Waals surface area contributed by atoms with Gasteiger partial charge in [0, 0.05) is 22.6 Å². The average Bonchev–Trinajstić information content (AvgIpc) is 2.78. The van der Waals surface area contributed by atoms with Gasteiger partial charge in [0.15, 0.2) is 0 Å². The number of hydrogen-bond donors (Lipinski definition) is 3. The molecule has 0 bridgehead atoms. The van der Waals surface area contributed by atoms with E-state index in [0.29, 0.717) is 17.7 Å². The van der Waals surface area contributed by atoms with Crippen molar-refractivity contribution in [2.75, 3.05) is 6.16 Å². The number of aliphatic hydroxyl groups excluding tert-OH is 1. The van der Waals surface area contributed by atoms with E-state index in [4.69, 9.17) is 10.1 Å². The molecule has 0 spiro atoms. The van der Waals surface area contributed by atoms with E-state index in [0.717, 1.165) is 33.8 Å². The lowest BCUT2D eigenvalue weighted by Crippen LogP contribution is -2.17. The summed E-state index contributed by atoms with van der Waals surface area (Å²) in [6, 6.07) is 15.7. The van der Waals surface area contributed by atoms with Crippen LogP contribution in [0.15, 0.2) is 60.4 Å². The van der Waals surface area contributed by atoms with Gasteiger partial charge in [-0.3, -0.25) is 14.3 Å². The van der Waals surface area contributed by atoms with Gasteiger partial charge in [0.25, 0.3) is 0 Å². The third-order valence-electron chi connectivity index (χ3n) is 5.43. The molecule has 2 atom stereocenters. The first-order valence-corrected chi connectivity index (χ1v) is 12.8. The van der Waals surface area contributed by atoms with Crippen LogP contribution in [0.4, 0.5) is 4.39 Å². The van der Waals surface area contributed by atoms with E-state index in [9.17, 15) is 23.7 Å². The van der Waals surface area contributed by atoms with E-state index in [2.05, 4.69) is 0 Å². The third-order valence-corrected chi connectivity index (χ3v) is 6.99. The molecule has 0 saturated carbocycles. The van der Waals surface area contributed by atoms with Crippen molar-refractivity contribution in [3.05, 3.63) is 83.1 Å². The molecule has 3 N–H and O–H groups in total. The highest BCUT2D eigenvalue weighted by molar-refractivity contribution is 7.61. The molecule has 1 aromatic heterocycles. The highest BCUT2D eigenvalue weighted by Crippen LogP contribution is 2.45. The van der Waals surface area contributed by atoms with Gasteiger partial charge in [-0.15, -0.1) is 0 Å². The molecule has 34 heavy (non-hydrogen) atoms. The van der Waals surface area contributed by atoms with Crippen molar-refractivity contribution in [1.29, 1.82) is 0 Å². The summed E-state index contributed by atoms with van der Waals surface area (Å²) in [7, 11) is -3.99. The Labute approximate surface area is 197 Å². The van der Waals surface area contributed by atoms with Crippen molar-refractivity contribution >= 4 is 19.4 Å². The summed E-state index contributed by atoms with van der Waals surface area (Å²) in [5.41, 5.74) is 5.29. The molecule has 0 saturated heterocycles. The minimum absolute atomic E-state index is 0.376. The predicted molar refractivity (Wildman–Crippen MR) is 131 cm³/mol. The van der Waals surface area contributed by atoms with Crippen LogP contribution in [0, 0.1) is 12.7 Å². The normalized spacial score (nSPS) is 14.1. The van der Waals surface area contributed by atoms with Gasteiger partial charge in [0.2, 0.25) is 7.37 Å². The lowest BCUT2D eigenvalue weighted by atomic mass is 9.90. The largest absolute Gasteiger partial charge is 0.481 e. The molecule has 0 amide bonds. The Hall–Kier alpha value is -3.12. The number of benzene rings is 2. The van der Waals surface area contributed by atoms with Crippen LogP contribution >= 0.6 is 7.37 Å². The number of carboxylic acid groups (broad SMARTS) is 1. The first-order valence-electron chi connectivity index (χ1n) is 10.9. The number of aliphatic hydroxyl groups is 1. The number of hydrogen-bond acceptors (Lipinski definition) is 4. The van der Waals surface area contributed by atoms with Gasteiger partial charge in [0.05, 0.1) is 24.4 Å². The molecule has 1 heterocycles. The summed E-state index contributed by atoms with van der Waals surface area (Å²) in [4.78, 5) is 26.0. The Bertz CT molecular complexity index is 1240. The summed E-state index contributed by atoms with van der Waals surface area (Å²) < 4.78 is 26.3. The fourth-order valence-corrected chi connectivity index (χ4v) is 5.12. The maximum absolute atomic E-state index is 13.6. The number of rotatable bonds is 9. The lowest BCUT2D eigenvalue weighted by Gasteiger charge is -2.19. The number of aliphatic carboxylic acids is 1. The Balaban J connectivity index is 2.16. The zero-order chi connectivity index (χ0) is 24.9. The van der Waals surface area contributed by atoms with E-state index in [1.54, 1.807) is 12.1 Å². The summed E-state index contributed by atoms with van der Waals surface area (Å²) in [5.74, 6) is -0.512. The minimum atomic E-state index is -3.99. The monoisotopic (exact) mass is 483 g/mol. The standard InChI is InChI=1S/C26H27FNO5P/c1-3-23-22(13-14-34(32,33)16-21(29)15-24(30)31)25(18-9-11-20(27)12-10-18)17(2)26(28-23)19-7-5-4-6-8-19/h4-14,21,29H,3,15-16H2,1-2H3,(H,30,31)(H,32,33)/b14-13+/t21-/m1/s1. The Morgan fingerprint density at radius 2 is 1.76 bits per heavy atom. The van der Waals surface area contributed by atoms with Crippen molar-refractivity contribution in [3.63, 3.8) is 0 Å². The zero-order valence-corrected chi connectivity index (χ0v) is 19.9. The zero-order valence-electron chi connectivity index (χ0n) is 19.0. The Morgan fingerprint density at radius 3 is 2.35 bits per heavy atom. The van der Waals surface area contributed by atoms with Crippen molar-refractivity contribution in [3.8, 4) is 22.4 Å². The maximum atomic E-state index is 13.6. The molecular formula is C26H27FNO5P. The topological polar surface area (TPSA) is 108 Å². The Kier molecular flexibility index (Phi) is 8.15. The molecule has 0 radical (unpaired) electrons.